The molecule has 0 saturated carbocycles. The summed E-state index contributed by atoms with van der Waals surface area (Å²) in [5.41, 5.74) is 2.20. The molecule has 0 atom stereocenters. The van der Waals surface area contributed by atoms with E-state index < -0.39 is 5.82 Å². The predicted octanol–water partition coefficient (Wildman–Crippen LogP) is 4.82. The number of aromatic amines is 1. The monoisotopic (exact) mass is 375 g/mol. The molecule has 4 rings (SSSR count). The number of nitrogens with zero attached hydrogens (tertiary/aromatic N) is 4. The fraction of sp³-hybridized carbons (Fsp3) is 0.176. The summed E-state index contributed by atoms with van der Waals surface area (Å²) in [5.74, 6) is -0.425. The summed E-state index contributed by atoms with van der Waals surface area (Å²) in [4.78, 5) is 1.93. The molecule has 3 heterocycles. The lowest BCUT2D eigenvalue weighted by Gasteiger charge is -2.06. The van der Waals surface area contributed by atoms with Crippen molar-refractivity contribution in [2.45, 2.75) is 30.2 Å². The summed E-state index contributed by atoms with van der Waals surface area (Å²) in [6, 6.07) is 3.45. The zero-order chi connectivity index (χ0) is 17.6. The molecule has 3 aromatic heterocycles. The van der Waals surface area contributed by atoms with Crippen LogP contribution in [-0.2, 0) is 6.54 Å². The second-order valence-corrected chi connectivity index (χ2v) is 7.09. The van der Waals surface area contributed by atoms with Gasteiger partial charge in [-0.2, -0.15) is 10.2 Å². The van der Waals surface area contributed by atoms with E-state index >= 15 is 0 Å². The van der Waals surface area contributed by atoms with Gasteiger partial charge in [0.1, 0.15) is 0 Å². The van der Waals surface area contributed by atoms with E-state index in [1.807, 2.05) is 41.6 Å². The number of aromatic nitrogens is 5. The van der Waals surface area contributed by atoms with Crippen molar-refractivity contribution >= 4 is 34.3 Å². The molecular weight excluding hydrogens is 361 g/mol. The van der Waals surface area contributed by atoms with Crippen molar-refractivity contribution in [2.75, 3.05) is 0 Å². The van der Waals surface area contributed by atoms with Gasteiger partial charge in [0, 0.05) is 34.9 Å². The minimum atomic E-state index is -0.425. The average molecular weight is 376 g/mol. The molecule has 0 aliphatic rings. The molecule has 1 N–H and O–H groups in total. The van der Waals surface area contributed by atoms with Gasteiger partial charge in [0.2, 0.25) is 0 Å². The molecule has 25 heavy (non-hydrogen) atoms. The van der Waals surface area contributed by atoms with Crippen LogP contribution in [0.15, 0.2) is 46.7 Å². The van der Waals surface area contributed by atoms with Crippen LogP contribution in [0.3, 0.4) is 0 Å². The topological polar surface area (TPSA) is 51.4 Å². The standard InChI is InChI=1S/C17H15ClFN5S/c1-3-23-9-11(6-22-23)24-10(2)17(25-12-7-20-21-8-12)13-4-5-14(18)15(19)16(13)24/h4-9H,3H2,1-2H3,(H,20,21). The molecule has 0 spiro atoms. The molecule has 8 heteroatoms. The Morgan fingerprint density at radius 2 is 2.16 bits per heavy atom. The minimum absolute atomic E-state index is 0.106. The van der Waals surface area contributed by atoms with Crippen molar-refractivity contribution in [2.24, 2.45) is 0 Å². The van der Waals surface area contributed by atoms with E-state index in [-0.39, 0.29) is 5.02 Å². The predicted molar refractivity (Wildman–Crippen MR) is 97.1 cm³/mol. The molecule has 0 radical (unpaired) electrons. The molecule has 0 aliphatic carbocycles. The summed E-state index contributed by atoms with van der Waals surface area (Å²) in [6.45, 7) is 4.73. The number of fused-ring (bicyclic) bond motifs is 1. The summed E-state index contributed by atoms with van der Waals surface area (Å²) < 4.78 is 18.6. The van der Waals surface area contributed by atoms with Crippen LogP contribution < -0.4 is 0 Å². The fourth-order valence-electron chi connectivity index (χ4n) is 2.91. The quantitative estimate of drug-likeness (QED) is 0.556. The highest BCUT2D eigenvalue weighted by atomic mass is 35.5. The Bertz CT molecular complexity index is 1050. The molecular formula is C17H15ClFN5S. The second kappa shape index (κ2) is 6.24. The van der Waals surface area contributed by atoms with Gasteiger partial charge in [-0.3, -0.25) is 9.78 Å². The molecule has 0 aliphatic heterocycles. The Labute approximate surface area is 152 Å². The van der Waals surface area contributed by atoms with Crippen LogP contribution in [0.4, 0.5) is 4.39 Å². The third kappa shape index (κ3) is 2.63. The number of hydrogen-bond donors (Lipinski definition) is 1. The fourth-order valence-corrected chi connectivity index (χ4v) is 4.03. The van der Waals surface area contributed by atoms with Crippen LogP contribution in [-0.4, -0.2) is 24.5 Å². The highest BCUT2D eigenvalue weighted by molar-refractivity contribution is 7.99. The van der Waals surface area contributed by atoms with Crippen LogP contribution in [0.25, 0.3) is 16.6 Å². The lowest BCUT2D eigenvalue weighted by molar-refractivity contribution is 0.634. The van der Waals surface area contributed by atoms with E-state index in [1.54, 1.807) is 30.2 Å². The zero-order valence-corrected chi connectivity index (χ0v) is 15.2. The second-order valence-electron chi connectivity index (χ2n) is 5.60. The van der Waals surface area contributed by atoms with Crippen molar-refractivity contribution in [1.82, 2.24) is 24.5 Å². The maximum atomic E-state index is 14.9. The summed E-state index contributed by atoms with van der Waals surface area (Å²) in [5, 5.41) is 12.0. The number of rotatable bonds is 4. The number of H-pyrrole nitrogens is 1. The van der Waals surface area contributed by atoms with Crippen LogP contribution >= 0.6 is 23.4 Å². The summed E-state index contributed by atoms with van der Waals surface area (Å²) in [7, 11) is 0. The number of benzene rings is 1. The van der Waals surface area contributed by atoms with E-state index in [0.29, 0.717) is 5.52 Å². The van der Waals surface area contributed by atoms with Gasteiger partial charge in [0.05, 0.1) is 33.5 Å². The first-order valence-electron chi connectivity index (χ1n) is 7.78. The first kappa shape index (κ1) is 16.2. The maximum Gasteiger partial charge on any atom is 0.166 e. The summed E-state index contributed by atoms with van der Waals surface area (Å²) >= 11 is 7.59. The van der Waals surface area contributed by atoms with Crippen molar-refractivity contribution in [3.05, 3.63) is 53.5 Å². The highest BCUT2D eigenvalue weighted by Crippen LogP contribution is 2.41. The van der Waals surface area contributed by atoms with Gasteiger partial charge in [0.25, 0.3) is 0 Å². The van der Waals surface area contributed by atoms with Crippen LogP contribution in [0, 0.1) is 12.7 Å². The maximum absolute atomic E-state index is 14.9. The van der Waals surface area contributed by atoms with Gasteiger partial charge in [-0.05, 0) is 26.0 Å². The van der Waals surface area contributed by atoms with Crippen LogP contribution in [0.2, 0.25) is 5.02 Å². The molecule has 0 unspecified atom stereocenters. The molecule has 0 fully saturated rings. The van der Waals surface area contributed by atoms with E-state index in [4.69, 9.17) is 11.6 Å². The highest BCUT2D eigenvalue weighted by Gasteiger charge is 2.21. The van der Waals surface area contributed by atoms with Crippen LogP contribution in [0.5, 0.6) is 0 Å². The van der Waals surface area contributed by atoms with E-state index in [0.717, 1.165) is 33.1 Å². The number of aryl methyl sites for hydroxylation is 1. The Morgan fingerprint density at radius 3 is 2.84 bits per heavy atom. The number of nitrogens with one attached hydrogen (secondary N) is 1. The molecule has 0 amide bonds. The van der Waals surface area contributed by atoms with Crippen molar-refractivity contribution in [3.8, 4) is 5.69 Å². The Balaban J connectivity index is 2.00. The molecule has 4 aromatic rings. The first-order chi connectivity index (χ1) is 12.1. The third-order valence-corrected chi connectivity index (χ3v) is 5.57. The van der Waals surface area contributed by atoms with E-state index in [2.05, 4.69) is 15.3 Å². The SMILES string of the molecule is CCn1cc(-n2c(C)c(Sc3cn[nH]c3)c3ccc(Cl)c(F)c32)cn1. The van der Waals surface area contributed by atoms with Crippen LogP contribution in [0.1, 0.15) is 12.6 Å². The van der Waals surface area contributed by atoms with E-state index in [9.17, 15) is 4.39 Å². The van der Waals surface area contributed by atoms with Gasteiger partial charge in [0.15, 0.2) is 5.82 Å². The van der Waals surface area contributed by atoms with Gasteiger partial charge < -0.3 is 4.57 Å². The molecule has 0 saturated heterocycles. The van der Waals surface area contributed by atoms with Crippen molar-refractivity contribution in [1.29, 1.82) is 0 Å². The molecule has 0 bridgehead atoms. The minimum Gasteiger partial charge on any atom is -0.307 e. The molecule has 128 valence electrons. The largest absolute Gasteiger partial charge is 0.307 e. The summed E-state index contributed by atoms with van der Waals surface area (Å²) in [6.07, 6.45) is 7.20. The third-order valence-electron chi connectivity index (χ3n) is 4.10. The first-order valence-corrected chi connectivity index (χ1v) is 8.98. The smallest absolute Gasteiger partial charge is 0.166 e. The number of halogens is 2. The Hall–Kier alpha value is -2.25. The zero-order valence-electron chi connectivity index (χ0n) is 13.6. The Morgan fingerprint density at radius 1 is 1.32 bits per heavy atom. The lowest BCUT2D eigenvalue weighted by Crippen LogP contribution is -1.98. The number of hydrogen-bond acceptors (Lipinski definition) is 3. The van der Waals surface area contributed by atoms with E-state index in [1.165, 1.54) is 0 Å². The Kier molecular flexibility index (Phi) is 4.05. The van der Waals surface area contributed by atoms with Gasteiger partial charge in [-0.1, -0.05) is 23.4 Å². The van der Waals surface area contributed by atoms with Gasteiger partial charge in [-0.15, -0.1) is 0 Å². The molecule has 5 nitrogen and oxygen atoms in total. The lowest BCUT2D eigenvalue weighted by atomic mass is 10.2. The van der Waals surface area contributed by atoms with Crippen molar-refractivity contribution < 1.29 is 4.39 Å². The van der Waals surface area contributed by atoms with Crippen molar-refractivity contribution in [3.63, 3.8) is 0 Å². The normalized spacial score (nSPS) is 11.5. The average Bonchev–Trinajstić information content (AvgIpc) is 3.32. The van der Waals surface area contributed by atoms with Gasteiger partial charge >= 0.3 is 0 Å². The molecule has 1 aromatic carbocycles. The van der Waals surface area contributed by atoms with Gasteiger partial charge in [-0.25, -0.2) is 4.39 Å².